The number of azide groups is 1. The number of rotatable bonds is 2. The quantitative estimate of drug-likeness (QED) is 0.265. The summed E-state index contributed by atoms with van der Waals surface area (Å²) in [5.41, 5.74) is 9.19. The number of hydrogen-bond donors (Lipinski definition) is 0. The first-order chi connectivity index (χ1) is 5.36. The highest BCUT2D eigenvalue weighted by molar-refractivity contribution is 14.1. The van der Waals surface area contributed by atoms with E-state index in [-0.39, 0.29) is 0 Å². The van der Waals surface area contributed by atoms with E-state index in [1.807, 2.05) is 6.07 Å². The maximum Gasteiger partial charge on any atom is 0.126 e. The van der Waals surface area contributed by atoms with Gasteiger partial charge < -0.3 is 0 Å². The highest BCUT2D eigenvalue weighted by Gasteiger charge is 1.90. The first kappa shape index (κ1) is 8.29. The highest BCUT2D eigenvalue weighted by atomic mass is 127. The number of pyridine rings is 1. The lowest BCUT2D eigenvalue weighted by molar-refractivity contribution is 1.22. The van der Waals surface area contributed by atoms with Crippen LogP contribution in [0.5, 0.6) is 0 Å². The van der Waals surface area contributed by atoms with Crippen LogP contribution in [0.25, 0.3) is 10.4 Å². The van der Waals surface area contributed by atoms with E-state index >= 15 is 0 Å². The average Bonchev–Trinajstić information content (AvgIpc) is 2.07. The van der Waals surface area contributed by atoms with Crippen LogP contribution in [0.2, 0.25) is 0 Å². The van der Waals surface area contributed by atoms with Gasteiger partial charge in [-0.25, -0.2) is 0 Å². The second-order valence-electron chi connectivity index (χ2n) is 1.85. The van der Waals surface area contributed by atoms with Crippen LogP contribution in [-0.4, -0.2) is 4.98 Å². The Bertz CT molecular complexity index is 275. The highest BCUT2D eigenvalue weighted by Crippen LogP contribution is 2.10. The molecule has 0 unspecified atom stereocenters. The van der Waals surface area contributed by atoms with Crippen molar-refractivity contribution in [2.45, 2.75) is 4.43 Å². The molecule has 0 fully saturated rings. The number of hydrogen-bond acceptors (Lipinski definition) is 2. The molecule has 0 spiro atoms. The fourth-order valence-electron chi connectivity index (χ4n) is 0.601. The molecular weight excluding hydrogens is 255 g/mol. The van der Waals surface area contributed by atoms with Gasteiger partial charge >= 0.3 is 0 Å². The molecule has 1 rings (SSSR count). The number of halogens is 1. The molecule has 0 atom stereocenters. The molecule has 0 bridgehead atoms. The fraction of sp³-hybridized carbons (Fsp3) is 0.167. The molecular formula is C6H5IN4. The zero-order chi connectivity index (χ0) is 8.10. The average molecular weight is 260 g/mol. The van der Waals surface area contributed by atoms with Crippen LogP contribution >= 0.6 is 22.6 Å². The molecule has 0 aliphatic rings. The molecule has 0 radical (unpaired) electrons. The van der Waals surface area contributed by atoms with Gasteiger partial charge in [0.1, 0.15) is 5.82 Å². The smallest absolute Gasteiger partial charge is 0.126 e. The maximum absolute atomic E-state index is 8.06. The lowest BCUT2D eigenvalue weighted by atomic mass is 10.3. The Kier molecular flexibility index (Phi) is 3.13. The van der Waals surface area contributed by atoms with Crippen molar-refractivity contribution in [1.29, 1.82) is 0 Å². The molecule has 11 heavy (non-hydrogen) atoms. The van der Waals surface area contributed by atoms with Crippen molar-refractivity contribution in [2.75, 3.05) is 0 Å². The number of nitrogens with zero attached hydrogens (tertiary/aromatic N) is 4. The van der Waals surface area contributed by atoms with Crippen LogP contribution < -0.4 is 0 Å². The zero-order valence-corrected chi connectivity index (χ0v) is 7.76. The topological polar surface area (TPSA) is 61.7 Å². The molecule has 1 heterocycles. The summed E-state index contributed by atoms with van der Waals surface area (Å²) < 4.78 is 0.918. The molecule has 56 valence electrons. The summed E-state index contributed by atoms with van der Waals surface area (Å²) in [6.45, 7) is 0. The minimum Gasteiger partial charge on any atom is -0.254 e. The van der Waals surface area contributed by atoms with E-state index in [1.54, 1.807) is 12.3 Å². The summed E-state index contributed by atoms with van der Waals surface area (Å²) in [6, 6.07) is 3.59. The fourth-order valence-corrected chi connectivity index (χ4v) is 1.05. The minimum absolute atomic E-state index is 0.418. The second kappa shape index (κ2) is 4.15. The maximum atomic E-state index is 8.06. The standard InChI is InChI=1S/C6H5IN4/c7-3-5-1-2-6(9-4-5)10-11-8/h1-2,4H,3H2. The van der Waals surface area contributed by atoms with Crippen molar-refractivity contribution in [3.05, 3.63) is 34.3 Å². The van der Waals surface area contributed by atoms with Crippen LogP contribution in [0.3, 0.4) is 0 Å². The van der Waals surface area contributed by atoms with Crippen LogP contribution in [-0.2, 0) is 4.43 Å². The number of aromatic nitrogens is 1. The van der Waals surface area contributed by atoms with E-state index in [0.29, 0.717) is 5.82 Å². The molecule has 1 aromatic heterocycles. The van der Waals surface area contributed by atoms with Gasteiger partial charge in [0, 0.05) is 15.5 Å². The Morgan fingerprint density at radius 2 is 2.45 bits per heavy atom. The molecule has 4 nitrogen and oxygen atoms in total. The Hall–Kier alpha value is -0.810. The van der Waals surface area contributed by atoms with Gasteiger partial charge in [-0.05, 0) is 22.3 Å². The van der Waals surface area contributed by atoms with Crippen molar-refractivity contribution >= 4 is 28.4 Å². The van der Waals surface area contributed by atoms with E-state index in [0.717, 1.165) is 9.99 Å². The molecule has 0 N–H and O–H groups in total. The summed E-state index contributed by atoms with van der Waals surface area (Å²) in [6.07, 6.45) is 1.70. The largest absolute Gasteiger partial charge is 0.254 e. The zero-order valence-electron chi connectivity index (χ0n) is 5.61. The second-order valence-corrected chi connectivity index (χ2v) is 2.61. The van der Waals surface area contributed by atoms with E-state index in [4.69, 9.17) is 5.53 Å². The van der Waals surface area contributed by atoms with Crippen LogP contribution in [0.15, 0.2) is 23.4 Å². The monoisotopic (exact) mass is 260 g/mol. The van der Waals surface area contributed by atoms with Gasteiger partial charge in [0.05, 0.1) is 0 Å². The summed E-state index contributed by atoms with van der Waals surface area (Å²) in [5.74, 6) is 0.418. The SMILES string of the molecule is [N-]=[N+]=Nc1ccc(CI)cn1. The third kappa shape index (κ3) is 2.36. The molecule has 0 aliphatic heterocycles. The van der Waals surface area contributed by atoms with Crippen molar-refractivity contribution in [3.63, 3.8) is 0 Å². The third-order valence-corrected chi connectivity index (χ3v) is 1.99. The summed E-state index contributed by atoms with van der Waals surface area (Å²) in [7, 11) is 0. The van der Waals surface area contributed by atoms with Gasteiger partial charge in [-0.15, -0.1) is 0 Å². The van der Waals surface area contributed by atoms with Crippen molar-refractivity contribution in [2.24, 2.45) is 5.11 Å². The van der Waals surface area contributed by atoms with Crippen LogP contribution in [0, 0.1) is 0 Å². The first-order valence-electron chi connectivity index (χ1n) is 2.93. The van der Waals surface area contributed by atoms with Gasteiger partial charge in [0.2, 0.25) is 0 Å². The molecule has 0 saturated carbocycles. The minimum atomic E-state index is 0.418. The van der Waals surface area contributed by atoms with Gasteiger partial charge in [-0.2, -0.15) is 0 Å². The lowest BCUT2D eigenvalue weighted by Crippen LogP contribution is -1.77. The van der Waals surface area contributed by atoms with Gasteiger partial charge in [-0.3, -0.25) is 4.98 Å². The summed E-state index contributed by atoms with van der Waals surface area (Å²) >= 11 is 2.24. The Balaban J connectivity index is 2.91. The van der Waals surface area contributed by atoms with Crippen LogP contribution in [0.1, 0.15) is 5.56 Å². The third-order valence-electron chi connectivity index (χ3n) is 1.11. The van der Waals surface area contributed by atoms with Gasteiger partial charge in [0.25, 0.3) is 0 Å². The van der Waals surface area contributed by atoms with E-state index in [2.05, 4.69) is 37.6 Å². The summed E-state index contributed by atoms with van der Waals surface area (Å²) in [4.78, 5) is 6.54. The summed E-state index contributed by atoms with van der Waals surface area (Å²) in [5, 5.41) is 3.35. The van der Waals surface area contributed by atoms with Crippen molar-refractivity contribution in [1.82, 2.24) is 4.98 Å². The van der Waals surface area contributed by atoms with Gasteiger partial charge in [-0.1, -0.05) is 28.7 Å². The Morgan fingerprint density at radius 3 is 2.91 bits per heavy atom. The van der Waals surface area contributed by atoms with Gasteiger partial charge in [0.15, 0.2) is 0 Å². The molecule has 0 aromatic carbocycles. The normalized spacial score (nSPS) is 8.82. The first-order valence-corrected chi connectivity index (χ1v) is 4.45. The predicted octanol–water partition coefficient (Wildman–Crippen LogP) is 2.96. The number of alkyl halides is 1. The van der Waals surface area contributed by atoms with E-state index in [9.17, 15) is 0 Å². The Morgan fingerprint density at radius 1 is 1.64 bits per heavy atom. The van der Waals surface area contributed by atoms with E-state index in [1.165, 1.54) is 0 Å². The molecule has 0 amide bonds. The van der Waals surface area contributed by atoms with Crippen LogP contribution in [0.4, 0.5) is 5.82 Å². The molecule has 0 saturated heterocycles. The van der Waals surface area contributed by atoms with Crippen molar-refractivity contribution in [3.8, 4) is 0 Å². The molecule has 5 heteroatoms. The van der Waals surface area contributed by atoms with E-state index < -0.39 is 0 Å². The Labute approximate surface area is 77.4 Å². The molecule has 0 aliphatic carbocycles. The predicted molar refractivity (Wildman–Crippen MR) is 50.8 cm³/mol. The van der Waals surface area contributed by atoms with Crippen molar-refractivity contribution < 1.29 is 0 Å². The molecule has 1 aromatic rings. The lowest BCUT2D eigenvalue weighted by Gasteiger charge is -1.92.